The van der Waals surface area contributed by atoms with Crippen molar-refractivity contribution in [3.63, 3.8) is 0 Å². The zero-order chi connectivity index (χ0) is 14.8. The first-order valence-corrected chi connectivity index (χ1v) is 9.85. The molecule has 0 amide bonds. The zero-order valence-corrected chi connectivity index (χ0v) is 14.2. The molecule has 2 atom stereocenters. The van der Waals surface area contributed by atoms with E-state index < -0.39 is 9.84 Å². The molecular weight excluding hydrogens is 342 g/mol. The summed E-state index contributed by atoms with van der Waals surface area (Å²) in [6.07, 6.45) is 4.40. The average Bonchev–Trinajstić information content (AvgIpc) is 2.40. The van der Waals surface area contributed by atoms with Crippen molar-refractivity contribution in [3.8, 4) is 5.75 Å². The molecule has 112 valence electrons. The van der Waals surface area contributed by atoms with Crippen LogP contribution in [0.1, 0.15) is 37.1 Å². The second kappa shape index (κ2) is 6.43. The molecule has 0 aliphatic heterocycles. The number of nitrogens with zero attached hydrogens (tertiary/aromatic N) is 1. The van der Waals surface area contributed by atoms with Crippen molar-refractivity contribution >= 4 is 25.8 Å². The second-order valence-electron chi connectivity index (χ2n) is 5.39. The van der Waals surface area contributed by atoms with Gasteiger partial charge in [0.25, 0.3) is 0 Å². The van der Waals surface area contributed by atoms with Crippen molar-refractivity contribution < 1.29 is 13.2 Å². The van der Waals surface area contributed by atoms with Crippen LogP contribution >= 0.6 is 15.9 Å². The fourth-order valence-corrected chi connectivity index (χ4v) is 4.14. The van der Waals surface area contributed by atoms with Crippen molar-refractivity contribution in [2.75, 3.05) is 6.26 Å². The van der Waals surface area contributed by atoms with Gasteiger partial charge in [-0.3, -0.25) is 4.98 Å². The molecule has 2 unspecified atom stereocenters. The Balaban J connectivity index is 2.10. The molecule has 1 aliphatic carbocycles. The number of hydrogen-bond acceptors (Lipinski definition) is 4. The average molecular weight is 362 g/mol. The summed E-state index contributed by atoms with van der Waals surface area (Å²) in [5.74, 6) is 0.756. The van der Waals surface area contributed by atoms with Crippen LogP contribution in [0.3, 0.4) is 0 Å². The van der Waals surface area contributed by atoms with E-state index in [0.717, 1.165) is 36.4 Å². The molecule has 6 heteroatoms. The highest BCUT2D eigenvalue weighted by Crippen LogP contribution is 2.29. The summed E-state index contributed by atoms with van der Waals surface area (Å²) >= 11 is 3.41. The lowest BCUT2D eigenvalue weighted by Gasteiger charge is -2.29. The van der Waals surface area contributed by atoms with Crippen LogP contribution in [0.15, 0.2) is 12.1 Å². The standard InChI is InChI=1S/C14H20BrNO3S/c1-10-6-7-14(13(9-15)16-10)19-11-4-3-5-12(8-11)20(2,17)18/h6-7,11-12H,3-5,8-9H2,1-2H3. The van der Waals surface area contributed by atoms with Crippen LogP contribution in [-0.2, 0) is 15.2 Å². The third-order valence-electron chi connectivity index (χ3n) is 3.68. The molecule has 20 heavy (non-hydrogen) atoms. The van der Waals surface area contributed by atoms with E-state index in [1.54, 1.807) is 0 Å². The first kappa shape index (κ1) is 15.8. The normalized spacial score (nSPS) is 23.6. The van der Waals surface area contributed by atoms with E-state index >= 15 is 0 Å². The molecule has 1 aromatic heterocycles. The first-order valence-electron chi connectivity index (χ1n) is 6.78. The Hall–Kier alpha value is -0.620. The molecule has 1 aromatic rings. The van der Waals surface area contributed by atoms with Gasteiger partial charge in [0.15, 0.2) is 0 Å². The van der Waals surface area contributed by atoms with Gasteiger partial charge in [0.1, 0.15) is 21.7 Å². The SMILES string of the molecule is Cc1ccc(OC2CCCC(S(C)(=O)=O)C2)c(CBr)n1. The highest BCUT2D eigenvalue weighted by molar-refractivity contribution is 9.08. The molecule has 0 radical (unpaired) electrons. The monoisotopic (exact) mass is 361 g/mol. The number of sulfone groups is 1. The third-order valence-corrected chi connectivity index (χ3v) is 5.85. The molecule has 1 fully saturated rings. The van der Waals surface area contributed by atoms with Gasteiger partial charge in [0.05, 0.1) is 10.9 Å². The molecular formula is C14H20BrNO3S. The Labute approximate surface area is 129 Å². The molecule has 0 aromatic carbocycles. The number of hydrogen-bond donors (Lipinski definition) is 0. The summed E-state index contributed by atoms with van der Waals surface area (Å²) in [4.78, 5) is 4.43. The van der Waals surface area contributed by atoms with E-state index in [2.05, 4.69) is 20.9 Å². The molecule has 1 saturated carbocycles. The first-order chi connectivity index (χ1) is 9.40. The summed E-state index contributed by atoms with van der Waals surface area (Å²) in [5, 5.41) is 0.360. The van der Waals surface area contributed by atoms with Crippen LogP contribution in [-0.4, -0.2) is 31.0 Å². The Kier molecular flexibility index (Phi) is 5.07. The topological polar surface area (TPSA) is 56.3 Å². The number of aryl methyl sites for hydroxylation is 1. The maximum absolute atomic E-state index is 11.7. The van der Waals surface area contributed by atoms with Gasteiger partial charge in [0, 0.05) is 23.7 Å². The highest BCUT2D eigenvalue weighted by atomic mass is 79.9. The van der Waals surface area contributed by atoms with E-state index in [9.17, 15) is 8.42 Å². The van der Waals surface area contributed by atoms with Gasteiger partial charge in [-0.25, -0.2) is 8.42 Å². The molecule has 1 aliphatic rings. The quantitative estimate of drug-likeness (QED) is 0.773. The number of aromatic nitrogens is 1. The summed E-state index contributed by atoms with van der Waals surface area (Å²) in [7, 11) is -2.98. The largest absolute Gasteiger partial charge is 0.488 e. The molecule has 2 rings (SSSR count). The summed E-state index contributed by atoms with van der Waals surface area (Å²) in [6, 6.07) is 3.83. The molecule has 0 spiro atoms. The Morgan fingerprint density at radius 1 is 1.40 bits per heavy atom. The predicted octanol–water partition coefficient (Wildman–Crippen LogP) is 3.02. The van der Waals surface area contributed by atoms with Crippen LogP contribution in [0.25, 0.3) is 0 Å². The number of pyridine rings is 1. The van der Waals surface area contributed by atoms with E-state index in [1.807, 2.05) is 19.1 Å². The fraction of sp³-hybridized carbons (Fsp3) is 0.643. The highest BCUT2D eigenvalue weighted by Gasteiger charge is 2.30. The maximum Gasteiger partial charge on any atom is 0.150 e. The van der Waals surface area contributed by atoms with Crippen molar-refractivity contribution in [1.82, 2.24) is 4.98 Å². The van der Waals surface area contributed by atoms with E-state index in [0.29, 0.717) is 11.8 Å². The number of alkyl halides is 1. The van der Waals surface area contributed by atoms with Gasteiger partial charge < -0.3 is 4.74 Å². The summed E-state index contributed by atoms with van der Waals surface area (Å²) in [5.41, 5.74) is 1.82. The van der Waals surface area contributed by atoms with Crippen LogP contribution in [0.5, 0.6) is 5.75 Å². The molecule has 0 bridgehead atoms. The van der Waals surface area contributed by atoms with Gasteiger partial charge in [0.2, 0.25) is 0 Å². The maximum atomic E-state index is 11.7. The van der Waals surface area contributed by atoms with Gasteiger partial charge in [-0.1, -0.05) is 15.9 Å². The van der Waals surface area contributed by atoms with E-state index in [4.69, 9.17) is 4.74 Å². The summed E-state index contributed by atoms with van der Waals surface area (Å²) < 4.78 is 29.4. The minimum absolute atomic E-state index is 0.0363. The number of halogens is 1. The molecule has 0 saturated heterocycles. The summed E-state index contributed by atoms with van der Waals surface area (Å²) in [6.45, 7) is 1.94. The van der Waals surface area contributed by atoms with Crippen molar-refractivity contribution in [3.05, 3.63) is 23.5 Å². The lowest BCUT2D eigenvalue weighted by atomic mass is 9.97. The Morgan fingerprint density at radius 3 is 2.80 bits per heavy atom. The fourth-order valence-electron chi connectivity index (χ4n) is 2.58. The Morgan fingerprint density at radius 2 is 2.15 bits per heavy atom. The van der Waals surface area contributed by atoms with Crippen molar-refractivity contribution in [2.24, 2.45) is 0 Å². The van der Waals surface area contributed by atoms with E-state index in [-0.39, 0.29) is 11.4 Å². The van der Waals surface area contributed by atoms with E-state index in [1.165, 1.54) is 6.26 Å². The molecule has 4 nitrogen and oxygen atoms in total. The second-order valence-corrected chi connectivity index (χ2v) is 8.28. The van der Waals surface area contributed by atoms with Crippen molar-refractivity contribution in [2.45, 2.75) is 49.3 Å². The Bertz CT molecular complexity index is 574. The van der Waals surface area contributed by atoms with Crippen molar-refractivity contribution in [1.29, 1.82) is 0 Å². The predicted molar refractivity (Wildman–Crippen MR) is 83.1 cm³/mol. The third kappa shape index (κ3) is 3.95. The van der Waals surface area contributed by atoms with Crippen LogP contribution in [0, 0.1) is 6.92 Å². The zero-order valence-electron chi connectivity index (χ0n) is 11.8. The molecule has 1 heterocycles. The lowest BCUT2D eigenvalue weighted by Crippen LogP contribution is -2.33. The lowest BCUT2D eigenvalue weighted by molar-refractivity contribution is 0.154. The minimum atomic E-state index is -2.98. The smallest absolute Gasteiger partial charge is 0.150 e. The van der Waals surface area contributed by atoms with Gasteiger partial charge in [-0.05, 0) is 38.3 Å². The van der Waals surface area contributed by atoms with Gasteiger partial charge in [-0.2, -0.15) is 0 Å². The molecule has 0 N–H and O–H groups in total. The van der Waals surface area contributed by atoms with Crippen LogP contribution in [0.4, 0.5) is 0 Å². The number of ether oxygens (including phenoxy) is 1. The van der Waals surface area contributed by atoms with Gasteiger partial charge in [-0.15, -0.1) is 0 Å². The van der Waals surface area contributed by atoms with Crippen LogP contribution < -0.4 is 4.74 Å². The van der Waals surface area contributed by atoms with Crippen LogP contribution in [0.2, 0.25) is 0 Å². The van der Waals surface area contributed by atoms with Gasteiger partial charge >= 0.3 is 0 Å². The number of rotatable bonds is 4. The minimum Gasteiger partial charge on any atom is -0.488 e.